The molecule has 0 aliphatic heterocycles. The Morgan fingerprint density at radius 3 is 2.85 bits per heavy atom. The molecule has 2 aromatic rings. The van der Waals surface area contributed by atoms with Gasteiger partial charge in [0.2, 0.25) is 0 Å². The average molecular weight is 274 g/mol. The van der Waals surface area contributed by atoms with Crippen LogP contribution in [0.1, 0.15) is 58.1 Å². The fourth-order valence-corrected chi connectivity index (χ4v) is 2.54. The topological polar surface area (TPSA) is 42.2 Å². The number of hydrogen-bond donors (Lipinski definition) is 1. The van der Waals surface area contributed by atoms with E-state index in [-0.39, 0.29) is 0 Å². The fraction of sp³-hybridized carbons (Fsp3) is 0.625. The quantitative estimate of drug-likeness (QED) is 0.799. The normalized spacial score (nSPS) is 13.2. The molecule has 110 valence electrons. The van der Waals surface area contributed by atoms with Crippen molar-refractivity contribution in [3.8, 4) is 0 Å². The fourth-order valence-electron chi connectivity index (χ4n) is 2.54. The molecule has 0 aliphatic carbocycles. The van der Waals surface area contributed by atoms with Crippen LogP contribution in [-0.4, -0.2) is 21.1 Å². The summed E-state index contributed by atoms with van der Waals surface area (Å²) in [7, 11) is 0. The largest absolute Gasteiger partial charge is 0.310 e. The predicted molar refractivity (Wildman–Crippen MR) is 82.7 cm³/mol. The monoisotopic (exact) mass is 274 g/mol. The summed E-state index contributed by atoms with van der Waals surface area (Å²) in [5, 5.41) is 8.08. The summed E-state index contributed by atoms with van der Waals surface area (Å²) < 4.78 is 1.91. The molecule has 0 aromatic carbocycles. The second-order valence-electron chi connectivity index (χ2n) is 5.84. The molecule has 20 heavy (non-hydrogen) atoms. The zero-order chi connectivity index (χ0) is 14.4. The lowest BCUT2D eigenvalue weighted by atomic mass is 9.99. The van der Waals surface area contributed by atoms with Crippen molar-refractivity contribution in [3.05, 3.63) is 30.4 Å². The Kier molecular flexibility index (Phi) is 5.53. The molecular weight excluding hydrogens is 248 g/mol. The average Bonchev–Trinajstić information content (AvgIpc) is 2.86. The third-order valence-corrected chi connectivity index (χ3v) is 3.64. The molecule has 0 saturated carbocycles. The molecule has 0 saturated heterocycles. The van der Waals surface area contributed by atoms with E-state index in [9.17, 15) is 0 Å². The predicted octanol–water partition coefficient (Wildman–Crippen LogP) is 3.60. The highest BCUT2D eigenvalue weighted by atomic mass is 15.2. The summed E-state index contributed by atoms with van der Waals surface area (Å²) >= 11 is 0. The highest BCUT2D eigenvalue weighted by molar-refractivity contribution is 5.53. The van der Waals surface area contributed by atoms with Crippen molar-refractivity contribution in [1.29, 1.82) is 0 Å². The van der Waals surface area contributed by atoms with Crippen LogP contribution in [0.15, 0.2) is 24.8 Å². The molecule has 1 N–H and O–H groups in total. The summed E-state index contributed by atoms with van der Waals surface area (Å²) in [6.45, 7) is 7.82. The Morgan fingerprint density at radius 2 is 2.10 bits per heavy atom. The summed E-state index contributed by atoms with van der Waals surface area (Å²) in [6, 6.07) is 0.385. The lowest BCUT2D eigenvalue weighted by Crippen LogP contribution is -2.22. The van der Waals surface area contributed by atoms with Crippen LogP contribution in [0.3, 0.4) is 0 Å². The van der Waals surface area contributed by atoms with Crippen molar-refractivity contribution in [1.82, 2.24) is 19.9 Å². The van der Waals surface area contributed by atoms with E-state index in [4.69, 9.17) is 0 Å². The third kappa shape index (κ3) is 3.79. The van der Waals surface area contributed by atoms with Crippen LogP contribution in [0.25, 0.3) is 5.52 Å². The summed E-state index contributed by atoms with van der Waals surface area (Å²) in [5.74, 6) is 0.771. The molecule has 2 aromatic heterocycles. The minimum Gasteiger partial charge on any atom is -0.310 e. The van der Waals surface area contributed by atoms with Crippen LogP contribution >= 0.6 is 0 Å². The van der Waals surface area contributed by atoms with Gasteiger partial charge in [-0.15, -0.1) is 0 Å². The highest BCUT2D eigenvalue weighted by Crippen LogP contribution is 2.24. The maximum Gasteiger partial charge on any atom is 0.0892 e. The minimum absolute atomic E-state index is 0.385. The molecule has 2 rings (SSSR count). The lowest BCUT2D eigenvalue weighted by molar-refractivity contribution is 0.449. The first-order chi connectivity index (χ1) is 9.72. The van der Waals surface area contributed by atoms with Crippen LogP contribution in [0.5, 0.6) is 0 Å². The van der Waals surface area contributed by atoms with Gasteiger partial charge in [-0.1, -0.05) is 33.6 Å². The Morgan fingerprint density at radius 1 is 1.25 bits per heavy atom. The smallest absolute Gasteiger partial charge is 0.0892 e. The number of hydrogen-bond acceptors (Lipinski definition) is 3. The first kappa shape index (κ1) is 15.0. The molecule has 0 radical (unpaired) electrons. The lowest BCUT2D eigenvalue weighted by Gasteiger charge is -2.18. The van der Waals surface area contributed by atoms with Gasteiger partial charge in [0, 0.05) is 24.0 Å². The zero-order valence-electron chi connectivity index (χ0n) is 12.8. The third-order valence-electron chi connectivity index (χ3n) is 3.64. The van der Waals surface area contributed by atoms with Gasteiger partial charge in [0.1, 0.15) is 0 Å². The van der Waals surface area contributed by atoms with Crippen molar-refractivity contribution < 1.29 is 0 Å². The van der Waals surface area contributed by atoms with Gasteiger partial charge in [-0.3, -0.25) is 4.98 Å². The van der Waals surface area contributed by atoms with Gasteiger partial charge >= 0.3 is 0 Å². The van der Waals surface area contributed by atoms with E-state index in [1.165, 1.54) is 18.4 Å². The highest BCUT2D eigenvalue weighted by Gasteiger charge is 2.15. The van der Waals surface area contributed by atoms with E-state index < -0.39 is 0 Å². The number of nitrogens with one attached hydrogen (secondary N) is 1. The maximum atomic E-state index is 4.43. The second kappa shape index (κ2) is 7.39. The Labute approximate surface area is 121 Å². The number of nitrogens with zero attached hydrogens (tertiary/aromatic N) is 3. The molecule has 4 nitrogen and oxygen atoms in total. The molecule has 0 spiro atoms. The van der Waals surface area contributed by atoms with Crippen molar-refractivity contribution in [2.45, 2.75) is 52.5 Å². The Balaban J connectivity index is 2.12. The molecule has 0 bridgehead atoms. The van der Waals surface area contributed by atoms with Crippen molar-refractivity contribution in [3.63, 3.8) is 0 Å². The van der Waals surface area contributed by atoms with Crippen LogP contribution in [0, 0.1) is 5.92 Å². The molecule has 0 aliphatic rings. The molecule has 1 unspecified atom stereocenters. The van der Waals surface area contributed by atoms with Crippen molar-refractivity contribution >= 4 is 5.52 Å². The van der Waals surface area contributed by atoms with Crippen molar-refractivity contribution in [2.24, 2.45) is 5.92 Å². The number of rotatable bonds is 8. The second-order valence-corrected chi connectivity index (χ2v) is 5.84. The Hall–Kier alpha value is -1.42. The van der Waals surface area contributed by atoms with E-state index in [1.54, 1.807) is 6.20 Å². The molecule has 2 heterocycles. The first-order valence-electron chi connectivity index (χ1n) is 7.73. The molecule has 0 amide bonds. The van der Waals surface area contributed by atoms with Gasteiger partial charge in [-0.25, -0.2) is 4.52 Å². The minimum atomic E-state index is 0.385. The van der Waals surface area contributed by atoms with E-state index in [0.717, 1.165) is 30.8 Å². The van der Waals surface area contributed by atoms with Crippen LogP contribution in [0.4, 0.5) is 0 Å². The summed E-state index contributed by atoms with van der Waals surface area (Å²) in [4.78, 5) is 4.23. The zero-order valence-corrected chi connectivity index (χ0v) is 12.8. The molecule has 0 fully saturated rings. The molecule has 4 heteroatoms. The van der Waals surface area contributed by atoms with E-state index in [2.05, 4.69) is 36.2 Å². The van der Waals surface area contributed by atoms with Crippen molar-refractivity contribution in [2.75, 3.05) is 6.54 Å². The van der Waals surface area contributed by atoms with Crippen LogP contribution < -0.4 is 5.32 Å². The van der Waals surface area contributed by atoms with E-state index in [0.29, 0.717) is 6.04 Å². The number of fused-ring (bicyclic) bond motifs is 1. The number of aromatic nitrogens is 3. The van der Waals surface area contributed by atoms with E-state index >= 15 is 0 Å². The van der Waals surface area contributed by atoms with Crippen LogP contribution in [-0.2, 0) is 0 Å². The molecular formula is C16H26N4. The van der Waals surface area contributed by atoms with Gasteiger partial charge in [0.05, 0.1) is 17.9 Å². The Bertz CT molecular complexity index is 518. The van der Waals surface area contributed by atoms with Gasteiger partial charge in [0.25, 0.3) is 0 Å². The van der Waals surface area contributed by atoms with Gasteiger partial charge < -0.3 is 5.32 Å². The summed E-state index contributed by atoms with van der Waals surface area (Å²) in [5.41, 5.74) is 2.39. The van der Waals surface area contributed by atoms with Gasteiger partial charge in [-0.2, -0.15) is 5.10 Å². The summed E-state index contributed by atoms with van der Waals surface area (Å²) in [6.07, 6.45) is 12.4. The first-order valence-corrected chi connectivity index (χ1v) is 7.73. The van der Waals surface area contributed by atoms with Gasteiger partial charge in [-0.05, 0) is 25.3 Å². The standard InChI is InChI=1S/C16H26N4/c1-4-8-18-15(7-5-6-13(2)3)14-11-19-20-10-9-17-12-16(14)20/h9-13,15,18H,4-8H2,1-3H3. The maximum absolute atomic E-state index is 4.43. The SMILES string of the molecule is CCCNC(CCCC(C)C)c1cnn2ccncc12. The molecule has 1 atom stereocenters. The van der Waals surface area contributed by atoms with E-state index in [1.807, 2.05) is 23.1 Å². The van der Waals surface area contributed by atoms with Crippen LogP contribution in [0.2, 0.25) is 0 Å². The van der Waals surface area contributed by atoms with Gasteiger partial charge in [0.15, 0.2) is 0 Å².